The summed E-state index contributed by atoms with van der Waals surface area (Å²) in [5.74, 6) is -1.99. The van der Waals surface area contributed by atoms with Crippen molar-refractivity contribution in [2.75, 3.05) is 0 Å². The van der Waals surface area contributed by atoms with Crippen molar-refractivity contribution in [2.24, 2.45) is 35.0 Å². The Hall–Kier alpha value is -2.95. The molecule has 0 bridgehead atoms. The van der Waals surface area contributed by atoms with Crippen molar-refractivity contribution < 1.29 is 19.5 Å². The lowest BCUT2D eigenvalue weighted by Gasteiger charge is -2.52. The summed E-state index contributed by atoms with van der Waals surface area (Å²) in [6, 6.07) is 5.87. The maximum atomic E-state index is 14.4. The molecule has 1 aromatic carbocycles. The molecule has 1 saturated heterocycles. The summed E-state index contributed by atoms with van der Waals surface area (Å²) >= 11 is 0. The average molecular weight is 504 g/mol. The molecule has 3 aliphatic rings. The molecule has 198 valence electrons. The van der Waals surface area contributed by atoms with Gasteiger partial charge < -0.3 is 10.4 Å². The SMILES string of the molecule is C/C=C(C)/C=C(\C)[C@@H]1C(C)=C[C@]2(C)C[C@H](C)CC[C@H]2[C@@H]1C(=O)C1C(=O)N[C@@H](Cc2ccc(O)cc2)C1=O. The van der Waals surface area contributed by atoms with Crippen molar-refractivity contribution in [1.29, 1.82) is 0 Å². The average Bonchev–Trinajstić information content (AvgIpc) is 3.10. The highest BCUT2D eigenvalue weighted by molar-refractivity contribution is 6.25. The molecule has 1 unspecified atom stereocenters. The van der Waals surface area contributed by atoms with Crippen LogP contribution in [-0.4, -0.2) is 28.6 Å². The van der Waals surface area contributed by atoms with Crippen molar-refractivity contribution in [3.63, 3.8) is 0 Å². The molecule has 0 spiro atoms. The number of rotatable bonds is 6. The normalized spacial score (nSPS) is 34.6. The summed E-state index contributed by atoms with van der Waals surface area (Å²) in [4.78, 5) is 41.1. The van der Waals surface area contributed by atoms with Gasteiger partial charge in [0.05, 0.1) is 6.04 Å². The zero-order valence-electron chi connectivity index (χ0n) is 23.0. The van der Waals surface area contributed by atoms with Crippen LogP contribution in [-0.2, 0) is 20.8 Å². The molecular formula is C32H41NO4. The number of allylic oxidation sites excluding steroid dienone is 6. The summed E-state index contributed by atoms with van der Waals surface area (Å²) in [5, 5.41) is 12.4. The first-order chi connectivity index (χ1) is 17.4. The first-order valence-corrected chi connectivity index (χ1v) is 13.6. The topological polar surface area (TPSA) is 83.5 Å². The van der Waals surface area contributed by atoms with Crippen LogP contribution < -0.4 is 5.32 Å². The third kappa shape index (κ3) is 5.23. The van der Waals surface area contributed by atoms with Crippen LogP contribution >= 0.6 is 0 Å². The Morgan fingerprint density at radius 2 is 1.84 bits per heavy atom. The molecule has 2 fully saturated rings. The van der Waals surface area contributed by atoms with E-state index in [0.29, 0.717) is 12.3 Å². The first kappa shape index (κ1) is 27.1. The Bertz CT molecular complexity index is 1170. The van der Waals surface area contributed by atoms with Crippen LogP contribution in [0.5, 0.6) is 5.75 Å². The van der Waals surface area contributed by atoms with E-state index in [2.05, 4.69) is 58.2 Å². The van der Waals surface area contributed by atoms with Crippen molar-refractivity contribution in [1.82, 2.24) is 5.32 Å². The largest absolute Gasteiger partial charge is 0.508 e. The highest BCUT2D eigenvalue weighted by atomic mass is 16.3. The monoisotopic (exact) mass is 503 g/mol. The zero-order chi connectivity index (χ0) is 27.1. The summed E-state index contributed by atoms with van der Waals surface area (Å²) in [6.45, 7) is 12.8. The number of amides is 1. The number of Topliss-reactive ketones (excluding diaryl/α,β-unsaturated/α-hetero) is 2. The van der Waals surface area contributed by atoms with E-state index in [0.717, 1.165) is 41.5 Å². The van der Waals surface area contributed by atoms with Gasteiger partial charge in [-0.25, -0.2) is 0 Å². The molecule has 1 saturated carbocycles. The minimum Gasteiger partial charge on any atom is -0.508 e. The van der Waals surface area contributed by atoms with Gasteiger partial charge in [-0.2, -0.15) is 0 Å². The third-order valence-electron chi connectivity index (χ3n) is 9.04. The maximum Gasteiger partial charge on any atom is 0.238 e. The highest BCUT2D eigenvalue weighted by Crippen LogP contribution is 2.56. The van der Waals surface area contributed by atoms with Crippen LogP contribution in [0, 0.1) is 35.0 Å². The minimum atomic E-state index is -1.26. The van der Waals surface area contributed by atoms with Crippen molar-refractivity contribution in [3.05, 3.63) is 64.8 Å². The van der Waals surface area contributed by atoms with Gasteiger partial charge >= 0.3 is 0 Å². The lowest BCUT2D eigenvalue weighted by Crippen LogP contribution is -2.50. The molecule has 0 aromatic heterocycles. The van der Waals surface area contributed by atoms with E-state index in [1.165, 1.54) is 0 Å². The summed E-state index contributed by atoms with van der Waals surface area (Å²) in [6.07, 6.45) is 9.86. The number of carbonyl (C=O) groups excluding carboxylic acids is 3. The quantitative estimate of drug-likeness (QED) is 0.295. The smallest absolute Gasteiger partial charge is 0.238 e. The Morgan fingerprint density at radius 1 is 1.16 bits per heavy atom. The van der Waals surface area contributed by atoms with Gasteiger partial charge in [0.15, 0.2) is 17.5 Å². The lowest BCUT2D eigenvalue weighted by atomic mass is 9.51. The highest BCUT2D eigenvalue weighted by Gasteiger charge is 2.55. The number of carbonyl (C=O) groups is 3. The second-order valence-electron chi connectivity index (χ2n) is 12.0. The zero-order valence-corrected chi connectivity index (χ0v) is 23.0. The van der Waals surface area contributed by atoms with Crippen molar-refractivity contribution in [3.8, 4) is 5.75 Å². The van der Waals surface area contributed by atoms with Crippen LogP contribution in [0.4, 0.5) is 0 Å². The third-order valence-corrected chi connectivity index (χ3v) is 9.04. The molecule has 5 heteroatoms. The van der Waals surface area contributed by atoms with E-state index in [1.807, 2.05) is 6.92 Å². The standard InChI is InChI=1S/C32H41NO4/c1-7-18(2)14-20(4)26-21(5)17-32(6)16-19(3)8-13-24(32)27(26)30(36)28-29(35)25(33-31(28)37)15-22-9-11-23(34)12-10-22/h7,9-12,14,17,19,24-28,34H,8,13,15-16H2,1-6H3,(H,33,37)/b18-7+,20-14+/t19-,24+,25+,26-,27+,28?,32+/m1/s1. The number of aromatic hydroxyl groups is 1. The summed E-state index contributed by atoms with van der Waals surface area (Å²) in [5.41, 5.74) is 4.10. The molecule has 1 amide bonds. The van der Waals surface area contributed by atoms with Crippen LogP contribution in [0.15, 0.2) is 59.2 Å². The summed E-state index contributed by atoms with van der Waals surface area (Å²) in [7, 11) is 0. The number of phenolic OH excluding ortho intramolecular Hbond substituents is 1. The molecule has 0 radical (unpaired) electrons. The predicted molar refractivity (Wildman–Crippen MR) is 146 cm³/mol. The first-order valence-electron chi connectivity index (χ1n) is 13.6. The fraction of sp³-hybridized carbons (Fsp3) is 0.531. The van der Waals surface area contributed by atoms with E-state index >= 15 is 0 Å². The van der Waals surface area contributed by atoms with Gasteiger partial charge in [0.25, 0.3) is 0 Å². The number of hydrogen-bond acceptors (Lipinski definition) is 4. The van der Waals surface area contributed by atoms with Crippen LogP contribution in [0.2, 0.25) is 0 Å². The second kappa shape index (κ2) is 10.4. The number of hydrogen-bond donors (Lipinski definition) is 2. The molecule has 7 atom stereocenters. The van der Waals surface area contributed by atoms with Crippen molar-refractivity contribution >= 4 is 17.5 Å². The Morgan fingerprint density at radius 3 is 2.49 bits per heavy atom. The fourth-order valence-corrected chi connectivity index (χ4v) is 7.35. The number of phenols is 1. The van der Waals surface area contributed by atoms with Gasteiger partial charge in [-0.3, -0.25) is 14.4 Å². The van der Waals surface area contributed by atoms with Gasteiger partial charge in [0, 0.05) is 11.8 Å². The van der Waals surface area contributed by atoms with E-state index < -0.39 is 23.8 Å². The Balaban J connectivity index is 1.70. The molecule has 1 aromatic rings. The van der Waals surface area contributed by atoms with Crippen molar-refractivity contribution in [2.45, 2.75) is 73.3 Å². The van der Waals surface area contributed by atoms with Gasteiger partial charge in [-0.1, -0.05) is 67.3 Å². The lowest BCUT2D eigenvalue weighted by molar-refractivity contribution is -0.142. The van der Waals surface area contributed by atoms with E-state index in [4.69, 9.17) is 0 Å². The number of nitrogens with one attached hydrogen (secondary N) is 1. The van der Waals surface area contributed by atoms with Gasteiger partial charge in [-0.05, 0) is 81.9 Å². The minimum absolute atomic E-state index is 0.0934. The van der Waals surface area contributed by atoms with Gasteiger partial charge in [0.2, 0.25) is 5.91 Å². The van der Waals surface area contributed by atoms with E-state index in [-0.39, 0.29) is 34.6 Å². The Kier molecular flexibility index (Phi) is 7.64. The number of benzene rings is 1. The number of ketones is 2. The molecular weight excluding hydrogens is 462 g/mol. The van der Waals surface area contributed by atoms with E-state index in [1.54, 1.807) is 24.3 Å². The van der Waals surface area contributed by atoms with E-state index in [9.17, 15) is 19.5 Å². The number of fused-ring (bicyclic) bond motifs is 1. The Labute approximate surface area is 221 Å². The van der Waals surface area contributed by atoms with Crippen LogP contribution in [0.3, 0.4) is 0 Å². The van der Waals surface area contributed by atoms with Crippen LogP contribution in [0.1, 0.15) is 66.4 Å². The molecule has 5 nitrogen and oxygen atoms in total. The predicted octanol–water partition coefficient (Wildman–Crippen LogP) is 5.73. The molecule has 1 heterocycles. The molecule has 37 heavy (non-hydrogen) atoms. The molecule has 1 aliphatic heterocycles. The molecule has 2 N–H and O–H groups in total. The fourth-order valence-electron chi connectivity index (χ4n) is 7.35. The van der Waals surface area contributed by atoms with Gasteiger partial charge in [-0.15, -0.1) is 0 Å². The van der Waals surface area contributed by atoms with Gasteiger partial charge in [0.1, 0.15) is 5.75 Å². The van der Waals surface area contributed by atoms with Crippen LogP contribution in [0.25, 0.3) is 0 Å². The summed E-state index contributed by atoms with van der Waals surface area (Å²) < 4.78 is 0. The molecule has 4 rings (SSSR count). The molecule has 2 aliphatic carbocycles. The maximum absolute atomic E-state index is 14.4. The second-order valence-corrected chi connectivity index (χ2v) is 12.0.